The van der Waals surface area contributed by atoms with Crippen LogP contribution in [0.15, 0.2) is 42.5 Å². The number of carbonyl (C=O) groups excluding carboxylic acids is 2. The van der Waals surface area contributed by atoms with Crippen molar-refractivity contribution in [3.8, 4) is 5.75 Å². The van der Waals surface area contributed by atoms with E-state index in [1.165, 1.54) is 5.56 Å². The van der Waals surface area contributed by atoms with Crippen molar-refractivity contribution in [2.24, 2.45) is 0 Å². The number of hydrogen-bond acceptors (Lipinski definition) is 3. The highest BCUT2D eigenvalue weighted by molar-refractivity contribution is 6.47. The molecule has 0 saturated heterocycles. The second-order valence-electron chi connectivity index (χ2n) is 4.96. The number of fused-ring (bicyclic) bond motifs is 1. The van der Waals surface area contributed by atoms with Gasteiger partial charge < -0.3 is 4.74 Å². The Bertz CT molecular complexity index is 701. The van der Waals surface area contributed by atoms with E-state index in [2.05, 4.69) is 0 Å². The highest BCUT2D eigenvalue weighted by Gasteiger charge is 2.28. The fraction of sp³-hybridized carbons (Fsp3) is 0.176. The topological polar surface area (TPSA) is 43.4 Å². The molecule has 0 radical (unpaired) electrons. The molecule has 0 aliphatic heterocycles. The van der Waals surface area contributed by atoms with Crippen LogP contribution in [0.5, 0.6) is 5.75 Å². The molecule has 2 aromatic rings. The molecule has 0 saturated carbocycles. The molecule has 0 fully saturated rings. The fourth-order valence-electron chi connectivity index (χ4n) is 2.36. The molecule has 0 N–H and O–H groups in total. The normalized spacial score (nSPS) is 13.4. The maximum absolute atomic E-state index is 11.5. The molecule has 100 valence electrons. The molecule has 0 spiro atoms. The van der Waals surface area contributed by atoms with Gasteiger partial charge in [-0.2, -0.15) is 0 Å². The number of rotatable bonds is 3. The smallest absolute Gasteiger partial charge is 0.229 e. The standard InChI is InChI=1S/C17H14O3/c1-11-4-2-3-5-12(11)10-20-14-6-7-15-13(8-14)9-16(18)17(15)19/h2-8H,9-10H2,1H3. The summed E-state index contributed by atoms with van der Waals surface area (Å²) in [6.45, 7) is 2.52. The van der Waals surface area contributed by atoms with Gasteiger partial charge in [0.25, 0.3) is 0 Å². The molecule has 0 amide bonds. The number of carbonyl (C=O) groups is 2. The third-order valence-corrected chi connectivity index (χ3v) is 3.58. The van der Waals surface area contributed by atoms with Gasteiger partial charge in [-0.3, -0.25) is 9.59 Å². The van der Waals surface area contributed by atoms with Crippen molar-refractivity contribution < 1.29 is 14.3 Å². The van der Waals surface area contributed by atoms with Crippen molar-refractivity contribution >= 4 is 11.6 Å². The van der Waals surface area contributed by atoms with Gasteiger partial charge in [0, 0.05) is 12.0 Å². The van der Waals surface area contributed by atoms with Crippen LogP contribution in [0.3, 0.4) is 0 Å². The lowest BCUT2D eigenvalue weighted by molar-refractivity contribution is -0.114. The van der Waals surface area contributed by atoms with Gasteiger partial charge in [0.2, 0.25) is 11.6 Å². The van der Waals surface area contributed by atoms with Gasteiger partial charge in [0.1, 0.15) is 12.4 Å². The van der Waals surface area contributed by atoms with Gasteiger partial charge >= 0.3 is 0 Å². The zero-order valence-corrected chi connectivity index (χ0v) is 11.2. The minimum Gasteiger partial charge on any atom is -0.489 e. The second-order valence-corrected chi connectivity index (χ2v) is 4.96. The summed E-state index contributed by atoms with van der Waals surface area (Å²) in [7, 11) is 0. The largest absolute Gasteiger partial charge is 0.489 e. The molecule has 0 aromatic heterocycles. The summed E-state index contributed by atoms with van der Waals surface area (Å²) in [5.41, 5.74) is 3.58. The van der Waals surface area contributed by atoms with Crippen LogP contribution >= 0.6 is 0 Å². The molecule has 0 heterocycles. The maximum atomic E-state index is 11.5. The minimum absolute atomic E-state index is 0.190. The third-order valence-electron chi connectivity index (χ3n) is 3.58. The molecule has 0 bridgehead atoms. The van der Waals surface area contributed by atoms with Gasteiger partial charge in [-0.25, -0.2) is 0 Å². The number of ether oxygens (including phenoxy) is 1. The highest BCUT2D eigenvalue weighted by Crippen LogP contribution is 2.25. The average Bonchev–Trinajstić information content (AvgIpc) is 2.73. The van der Waals surface area contributed by atoms with Gasteiger partial charge in [0.15, 0.2) is 0 Å². The Balaban J connectivity index is 1.77. The predicted molar refractivity (Wildman–Crippen MR) is 75.0 cm³/mol. The lowest BCUT2D eigenvalue weighted by atomic mass is 10.1. The first-order chi connectivity index (χ1) is 9.65. The summed E-state index contributed by atoms with van der Waals surface area (Å²) in [6, 6.07) is 13.2. The van der Waals surface area contributed by atoms with Gasteiger partial charge in [-0.1, -0.05) is 24.3 Å². The maximum Gasteiger partial charge on any atom is 0.229 e. The van der Waals surface area contributed by atoms with Crippen LogP contribution in [-0.4, -0.2) is 11.6 Å². The van der Waals surface area contributed by atoms with E-state index >= 15 is 0 Å². The summed E-state index contributed by atoms with van der Waals surface area (Å²) < 4.78 is 5.75. The van der Waals surface area contributed by atoms with Crippen molar-refractivity contribution in [2.45, 2.75) is 20.0 Å². The summed E-state index contributed by atoms with van der Waals surface area (Å²) in [4.78, 5) is 22.9. The SMILES string of the molecule is Cc1ccccc1COc1ccc2c(c1)CC(=O)C2=O. The minimum atomic E-state index is -0.384. The van der Waals surface area contributed by atoms with E-state index in [1.54, 1.807) is 18.2 Å². The van der Waals surface area contributed by atoms with Gasteiger partial charge in [-0.05, 0) is 41.8 Å². The van der Waals surface area contributed by atoms with E-state index < -0.39 is 0 Å². The monoisotopic (exact) mass is 266 g/mol. The molecule has 2 aromatic carbocycles. The summed E-state index contributed by atoms with van der Waals surface area (Å²) in [5, 5.41) is 0. The van der Waals surface area contributed by atoms with Crippen molar-refractivity contribution in [3.63, 3.8) is 0 Å². The molecule has 1 aliphatic carbocycles. The Kier molecular flexibility index (Phi) is 3.11. The molecular weight excluding hydrogens is 252 g/mol. The van der Waals surface area contributed by atoms with E-state index in [9.17, 15) is 9.59 Å². The molecule has 0 unspecified atom stereocenters. The summed E-state index contributed by atoms with van der Waals surface area (Å²) in [6.07, 6.45) is 0.190. The van der Waals surface area contributed by atoms with Crippen LogP contribution < -0.4 is 4.74 Å². The number of ketones is 2. The van der Waals surface area contributed by atoms with E-state index in [0.29, 0.717) is 17.9 Å². The van der Waals surface area contributed by atoms with Crippen LogP contribution in [0.25, 0.3) is 0 Å². The van der Waals surface area contributed by atoms with Crippen LogP contribution in [0, 0.1) is 6.92 Å². The molecule has 3 rings (SSSR count). The van der Waals surface area contributed by atoms with Crippen molar-refractivity contribution in [3.05, 3.63) is 64.7 Å². The Morgan fingerprint density at radius 3 is 2.70 bits per heavy atom. The van der Waals surface area contributed by atoms with Crippen LogP contribution in [-0.2, 0) is 17.8 Å². The second kappa shape index (κ2) is 4.93. The van der Waals surface area contributed by atoms with E-state index in [4.69, 9.17) is 4.74 Å². The molecule has 3 nitrogen and oxygen atoms in total. The number of benzene rings is 2. The zero-order chi connectivity index (χ0) is 14.1. The lowest BCUT2D eigenvalue weighted by Gasteiger charge is -2.09. The average molecular weight is 266 g/mol. The Hall–Kier alpha value is -2.42. The molecule has 20 heavy (non-hydrogen) atoms. The van der Waals surface area contributed by atoms with Crippen molar-refractivity contribution in [1.82, 2.24) is 0 Å². The quantitative estimate of drug-likeness (QED) is 0.802. The van der Waals surface area contributed by atoms with Crippen LogP contribution in [0.4, 0.5) is 0 Å². The first-order valence-electron chi connectivity index (χ1n) is 6.53. The Labute approximate surface area is 117 Å². The van der Waals surface area contributed by atoms with Crippen molar-refractivity contribution in [1.29, 1.82) is 0 Å². The third kappa shape index (κ3) is 2.23. The highest BCUT2D eigenvalue weighted by atomic mass is 16.5. The van der Waals surface area contributed by atoms with Gasteiger partial charge in [-0.15, -0.1) is 0 Å². The Morgan fingerprint density at radius 2 is 1.90 bits per heavy atom. The van der Waals surface area contributed by atoms with Crippen LogP contribution in [0.2, 0.25) is 0 Å². The first kappa shape index (κ1) is 12.6. The van der Waals surface area contributed by atoms with Gasteiger partial charge in [0.05, 0.1) is 0 Å². The first-order valence-corrected chi connectivity index (χ1v) is 6.53. The lowest BCUT2D eigenvalue weighted by Crippen LogP contribution is -2.05. The van der Waals surface area contributed by atoms with E-state index in [-0.39, 0.29) is 18.0 Å². The molecule has 3 heteroatoms. The zero-order valence-electron chi connectivity index (χ0n) is 11.2. The number of aryl methyl sites for hydroxylation is 1. The predicted octanol–water partition coefficient (Wildman–Crippen LogP) is 2.88. The van der Waals surface area contributed by atoms with Crippen LogP contribution in [0.1, 0.15) is 27.0 Å². The summed E-state index contributed by atoms with van der Waals surface area (Å²) in [5.74, 6) is -0.0315. The Morgan fingerprint density at radius 1 is 1.10 bits per heavy atom. The van der Waals surface area contributed by atoms with E-state index in [1.807, 2.05) is 31.2 Å². The molecule has 1 aliphatic rings. The summed E-state index contributed by atoms with van der Waals surface area (Å²) >= 11 is 0. The number of hydrogen-bond donors (Lipinski definition) is 0. The molecule has 0 atom stereocenters. The van der Waals surface area contributed by atoms with E-state index in [0.717, 1.165) is 11.1 Å². The van der Waals surface area contributed by atoms with Crippen molar-refractivity contribution in [2.75, 3.05) is 0 Å². The molecular formula is C17H14O3. The fourth-order valence-corrected chi connectivity index (χ4v) is 2.36. The number of Topliss-reactive ketones (excluding diaryl/α,β-unsaturated/α-hetero) is 2.